The highest BCUT2D eigenvalue weighted by Crippen LogP contribution is 2.43. The van der Waals surface area contributed by atoms with Crippen LogP contribution in [0.3, 0.4) is 0 Å². The minimum atomic E-state index is -1.55. The standard InChI is InChI=1S/C16H26O8/c1-8-4-9(18)5-15(2,3)16(8,22)7-23-14-13(21)12(20)11(19)10(6-17)24-14/h4,10-14,17,19-22H,5-7H2,1-3H3/t10-,11-,12+,13-,14-,16-/m1/s1. The molecule has 0 bridgehead atoms. The van der Waals surface area contributed by atoms with Crippen molar-refractivity contribution in [3.63, 3.8) is 0 Å². The quantitative estimate of drug-likeness (QED) is 0.414. The van der Waals surface area contributed by atoms with Gasteiger partial charge in [0.15, 0.2) is 12.1 Å². The molecule has 0 radical (unpaired) electrons. The Morgan fingerprint density at radius 2 is 1.88 bits per heavy atom. The Bertz CT molecular complexity index is 514. The summed E-state index contributed by atoms with van der Waals surface area (Å²) in [4.78, 5) is 11.7. The van der Waals surface area contributed by atoms with Crippen molar-refractivity contribution in [2.24, 2.45) is 5.41 Å². The molecule has 0 saturated carbocycles. The smallest absolute Gasteiger partial charge is 0.186 e. The molecular formula is C16H26O8. The SMILES string of the molecule is CC1=CC(=O)CC(C)(C)[C@@]1(O)CO[C@@H]1O[C@H](CO)[C@@H](O)[C@H](O)[C@H]1O. The number of carbonyl (C=O) groups excluding carboxylic acids is 1. The molecular weight excluding hydrogens is 320 g/mol. The van der Waals surface area contributed by atoms with Gasteiger partial charge in [-0.2, -0.15) is 0 Å². The Morgan fingerprint density at radius 3 is 2.42 bits per heavy atom. The fourth-order valence-corrected chi connectivity index (χ4v) is 3.24. The summed E-state index contributed by atoms with van der Waals surface area (Å²) in [5.41, 5.74) is -1.81. The van der Waals surface area contributed by atoms with Crippen molar-refractivity contribution in [1.82, 2.24) is 0 Å². The lowest BCUT2D eigenvalue weighted by molar-refractivity contribution is -0.310. The molecule has 2 rings (SSSR count). The molecule has 5 N–H and O–H groups in total. The van der Waals surface area contributed by atoms with E-state index in [2.05, 4.69) is 0 Å². The van der Waals surface area contributed by atoms with Crippen LogP contribution in [0.25, 0.3) is 0 Å². The monoisotopic (exact) mass is 346 g/mol. The molecule has 24 heavy (non-hydrogen) atoms. The van der Waals surface area contributed by atoms with Crippen molar-refractivity contribution in [3.05, 3.63) is 11.6 Å². The van der Waals surface area contributed by atoms with Gasteiger partial charge in [-0.15, -0.1) is 0 Å². The van der Waals surface area contributed by atoms with Crippen LogP contribution in [0, 0.1) is 5.41 Å². The van der Waals surface area contributed by atoms with Crippen LogP contribution >= 0.6 is 0 Å². The summed E-state index contributed by atoms with van der Waals surface area (Å²) in [6.45, 7) is 4.25. The summed E-state index contributed by atoms with van der Waals surface area (Å²) >= 11 is 0. The molecule has 1 aliphatic heterocycles. The number of ketones is 1. The van der Waals surface area contributed by atoms with Gasteiger partial charge in [-0.25, -0.2) is 0 Å². The number of carbonyl (C=O) groups is 1. The minimum Gasteiger partial charge on any atom is -0.394 e. The van der Waals surface area contributed by atoms with Crippen molar-refractivity contribution in [3.8, 4) is 0 Å². The van der Waals surface area contributed by atoms with Gasteiger partial charge in [-0.1, -0.05) is 13.8 Å². The van der Waals surface area contributed by atoms with E-state index in [1.165, 1.54) is 6.08 Å². The van der Waals surface area contributed by atoms with Gasteiger partial charge >= 0.3 is 0 Å². The zero-order chi connectivity index (χ0) is 18.3. The summed E-state index contributed by atoms with van der Waals surface area (Å²) in [6.07, 6.45) is -5.47. The van der Waals surface area contributed by atoms with Crippen LogP contribution in [0.4, 0.5) is 0 Å². The Labute approximate surface area is 140 Å². The first-order chi connectivity index (χ1) is 11.0. The summed E-state index contributed by atoms with van der Waals surface area (Å²) in [5, 5.41) is 49.7. The second-order valence-electron chi connectivity index (χ2n) is 7.22. The number of ether oxygens (including phenoxy) is 2. The van der Waals surface area contributed by atoms with E-state index in [4.69, 9.17) is 9.47 Å². The largest absolute Gasteiger partial charge is 0.394 e. The molecule has 0 aromatic heterocycles. The van der Waals surface area contributed by atoms with Crippen LogP contribution in [-0.4, -0.2) is 80.8 Å². The molecule has 2 aliphatic rings. The van der Waals surface area contributed by atoms with Crippen LogP contribution in [0.1, 0.15) is 27.2 Å². The van der Waals surface area contributed by atoms with Gasteiger partial charge in [-0.05, 0) is 18.6 Å². The van der Waals surface area contributed by atoms with Gasteiger partial charge in [0, 0.05) is 11.8 Å². The summed E-state index contributed by atoms with van der Waals surface area (Å²) in [5.74, 6) is -0.0879. The lowest BCUT2D eigenvalue weighted by Gasteiger charge is -2.47. The molecule has 138 valence electrons. The fraction of sp³-hybridized carbons (Fsp3) is 0.812. The van der Waals surface area contributed by atoms with E-state index >= 15 is 0 Å². The maximum atomic E-state index is 11.7. The third-order valence-corrected chi connectivity index (χ3v) is 5.07. The maximum Gasteiger partial charge on any atom is 0.186 e. The van der Waals surface area contributed by atoms with Crippen LogP contribution in [-0.2, 0) is 14.3 Å². The predicted molar refractivity (Wildman–Crippen MR) is 81.8 cm³/mol. The molecule has 0 unspecified atom stereocenters. The zero-order valence-electron chi connectivity index (χ0n) is 14.0. The first kappa shape index (κ1) is 19.5. The number of hydrogen-bond donors (Lipinski definition) is 5. The lowest BCUT2D eigenvalue weighted by atomic mass is 9.65. The van der Waals surface area contributed by atoms with Crippen molar-refractivity contribution in [1.29, 1.82) is 0 Å². The third kappa shape index (κ3) is 3.28. The molecule has 1 aliphatic carbocycles. The van der Waals surface area contributed by atoms with E-state index in [-0.39, 0.29) is 18.8 Å². The Hall–Kier alpha value is -0.870. The third-order valence-electron chi connectivity index (χ3n) is 5.07. The molecule has 1 saturated heterocycles. The molecule has 0 aromatic rings. The second-order valence-corrected chi connectivity index (χ2v) is 7.22. The Kier molecular flexibility index (Phi) is 5.51. The van der Waals surface area contributed by atoms with Crippen molar-refractivity contribution in [2.75, 3.05) is 13.2 Å². The molecule has 1 fully saturated rings. The van der Waals surface area contributed by atoms with Gasteiger partial charge < -0.3 is 35.0 Å². The summed E-state index contributed by atoms with van der Waals surface area (Å²) in [6, 6.07) is 0. The first-order valence-electron chi connectivity index (χ1n) is 7.89. The van der Waals surface area contributed by atoms with E-state index in [0.29, 0.717) is 5.57 Å². The molecule has 6 atom stereocenters. The van der Waals surface area contributed by atoms with Crippen molar-refractivity contribution in [2.45, 2.75) is 63.5 Å². The average molecular weight is 346 g/mol. The molecule has 8 nitrogen and oxygen atoms in total. The van der Waals surface area contributed by atoms with E-state index in [0.717, 1.165) is 0 Å². The number of aliphatic hydroxyl groups is 5. The van der Waals surface area contributed by atoms with Gasteiger partial charge in [-0.3, -0.25) is 4.79 Å². The molecule has 0 amide bonds. The minimum absolute atomic E-state index is 0.0879. The Morgan fingerprint density at radius 1 is 1.25 bits per heavy atom. The second kappa shape index (κ2) is 6.80. The van der Waals surface area contributed by atoms with Crippen LogP contribution in [0.2, 0.25) is 0 Å². The fourth-order valence-electron chi connectivity index (χ4n) is 3.24. The topological polar surface area (TPSA) is 137 Å². The van der Waals surface area contributed by atoms with Crippen molar-refractivity contribution < 1.29 is 39.8 Å². The molecule has 1 heterocycles. The zero-order valence-corrected chi connectivity index (χ0v) is 14.0. The predicted octanol–water partition coefficient (Wildman–Crippen LogP) is -1.52. The van der Waals surface area contributed by atoms with Gasteiger partial charge in [0.05, 0.1) is 13.2 Å². The van der Waals surface area contributed by atoms with Crippen LogP contribution in [0.5, 0.6) is 0 Å². The van der Waals surface area contributed by atoms with E-state index < -0.39 is 48.3 Å². The van der Waals surface area contributed by atoms with E-state index in [1.54, 1.807) is 20.8 Å². The van der Waals surface area contributed by atoms with Gasteiger partial charge in [0.2, 0.25) is 0 Å². The van der Waals surface area contributed by atoms with Gasteiger partial charge in [0.25, 0.3) is 0 Å². The number of aliphatic hydroxyl groups excluding tert-OH is 4. The normalized spacial score (nSPS) is 42.8. The summed E-state index contributed by atoms with van der Waals surface area (Å²) < 4.78 is 10.7. The maximum absolute atomic E-state index is 11.7. The molecule has 0 aromatic carbocycles. The number of rotatable bonds is 4. The number of hydrogen-bond acceptors (Lipinski definition) is 8. The van der Waals surface area contributed by atoms with Crippen molar-refractivity contribution >= 4 is 5.78 Å². The molecule has 0 spiro atoms. The average Bonchev–Trinajstić information content (AvgIpc) is 2.49. The van der Waals surface area contributed by atoms with E-state index in [1.807, 2.05) is 0 Å². The van der Waals surface area contributed by atoms with Crippen LogP contribution < -0.4 is 0 Å². The van der Waals surface area contributed by atoms with Gasteiger partial charge in [0.1, 0.15) is 30.0 Å². The lowest BCUT2D eigenvalue weighted by Crippen LogP contribution is -2.60. The summed E-state index contributed by atoms with van der Waals surface area (Å²) in [7, 11) is 0. The highest BCUT2D eigenvalue weighted by molar-refractivity contribution is 5.92. The molecule has 8 heteroatoms. The first-order valence-corrected chi connectivity index (χ1v) is 7.89. The number of allylic oxidation sites excluding steroid dienone is 1. The highest BCUT2D eigenvalue weighted by atomic mass is 16.7. The highest BCUT2D eigenvalue weighted by Gasteiger charge is 2.51. The Balaban J connectivity index is 2.14. The van der Waals surface area contributed by atoms with Crippen LogP contribution in [0.15, 0.2) is 11.6 Å². The van der Waals surface area contributed by atoms with E-state index in [9.17, 15) is 30.3 Å².